The van der Waals surface area contributed by atoms with Gasteiger partial charge in [0.1, 0.15) is 5.75 Å². The first kappa shape index (κ1) is 15.2. The molecule has 3 rings (SSSR count). The van der Waals surface area contributed by atoms with E-state index in [0.29, 0.717) is 5.69 Å². The van der Waals surface area contributed by atoms with E-state index in [2.05, 4.69) is 25.2 Å². The summed E-state index contributed by atoms with van der Waals surface area (Å²) in [4.78, 5) is 24.5. The fraction of sp³-hybridized carbons (Fsp3) is 0.111. The van der Waals surface area contributed by atoms with Crippen LogP contribution in [0.3, 0.4) is 0 Å². The zero-order chi connectivity index (χ0) is 16.4. The minimum Gasteiger partial charge on any atom is -0.540 e. The molecule has 1 aliphatic heterocycles. The van der Waals surface area contributed by atoms with Crippen molar-refractivity contribution in [3.05, 3.63) is 66.7 Å². The lowest BCUT2D eigenvalue weighted by Gasteiger charge is -2.25. The minimum atomic E-state index is -2.06. The molecular weight excluding hydrogens is 306 g/mol. The number of amides is 2. The molecule has 0 N–H and O–H groups in total. The summed E-state index contributed by atoms with van der Waals surface area (Å²) >= 11 is 0. The first-order valence-corrected chi connectivity index (χ1v) is 10.3. The smallest absolute Gasteiger partial charge is 0.276 e. The number of rotatable bonds is 4. The molecule has 0 saturated carbocycles. The Morgan fingerprint density at radius 3 is 1.96 bits per heavy atom. The Morgan fingerprint density at radius 2 is 1.39 bits per heavy atom. The van der Waals surface area contributed by atoms with E-state index in [9.17, 15) is 9.59 Å². The van der Waals surface area contributed by atoms with Crippen molar-refractivity contribution in [2.45, 2.75) is 13.1 Å². The third-order valence-corrected chi connectivity index (χ3v) is 6.22. The van der Waals surface area contributed by atoms with E-state index < -0.39 is 8.32 Å². The van der Waals surface area contributed by atoms with Crippen molar-refractivity contribution in [3.63, 3.8) is 0 Å². The summed E-state index contributed by atoms with van der Waals surface area (Å²) in [5.41, 5.74) is 0.552. The molecule has 1 aliphatic rings. The average Bonchev–Trinajstić information content (AvgIpc) is 2.88. The van der Waals surface area contributed by atoms with Gasteiger partial charge in [-0.1, -0.05) is 30.3 Å². The lowest BCUT2D eigenvalue weighted by Crippen LogP contribution is -2.47. The summed E-state index contributed by atoms with van der Waals surface area (Å²) in [6.45, 7) is 4.27. The molecule has 0 fully saturated rings. The summed E-state index contributed by atoms with van der Waals surface area (Å²) in [6.07, 6.45) is 2.55. The van der Waals surface area contributed by atoms with Crippen LogP contribution in [0.5, 0.6) is 5.75 Å². The Morgan fingerprint density at radius 1 is 0.826 bits per heavy atom. The summed E-state index contributed by atoms with van der Waals surface area (Å²) in [6, 6.07) is 17.2. The van der Waals surface area contributed by atoms with Crippen LogP contribution in [0.25, 0.3) is 0 Å². The summed E-state index contributed by atoms with van der Waals surface area (Å²) in [5.74, 6) is 0.103. The highest BCUT2D eigenvalue weighted by molar-refractivity contribution is 6.84. The molecule has 2 aromatic carbocycles. The van der Waals surface area contributed by atoms with Crippen LogP contribution in [0, 0.1) is 0 Å². The quantitative estimate of drug-likeness (QED) is 0.642. The number of nitrogens with zero attached hydrogens (tertiary/aromatic N) is 1. The lowest BCUT2D eigenvalue weighted by atomic mass is 10.3. The maximum Gasteiger partial charge on any atom is 0.276 e. The van der Waals surface area contributed by atoms with Gasteiger partial charge in [0.05, 0.1) is 5.69 Å². The molecule has 4 nitrogen and oxygen atoms in total. The van der Waals surface area contributed by atoms with Gasteiger partial charge in [-0.25, -0.2) is 4.90 Å². The second-order valence-corrected chi connectivity index (χ2v) is 9.62. The van der Waals surface area contributed by atoms with Crippen LogP contribution >= 0.6 is 0 Å². The van der Waals surface area contributed by atoms with E-state index in [1.807, 2.05) is 18.2 Å². The number of hydrogen-bond acceptors (Lipinski definition) is 3. The topological polar surface area (TPSA) is 46.6 Å². The van der Waals surface area contributed by atoms with Crippen LogP contribution in [0.2, 0.25) is 13.1 Å². The molecule has 1 heterocycles. The molecule has 0 unspecified atom stereocenters. The minimum absolute atomic E-state index is 0.317. The fourth-order valence-corrected chi connectivity index (χ4v) is 4.35. The van der Waals surface area contributed by atoms with E-state index >= 15 is 0 Å². The lowest BCUT2D eigenvalue weighted by molar-refractivity contribution is -0.119. The van der Waals surface area contributed by atoms with Gasteiger partial charge in [0.15, 0.2) is 0 Å². The van der Waals surface area contributed by atoms with Gasteiger partial charge in [-0.15, -0.1) is 0 Å². The molecule has 5 heteroatoms. The monoisotopic (exact) mass is 323 g/mol. The molecule has 0 aromatic heterocycles. The summed E-state index contributed by atoms with van der Waals surface area (Å²) in [5, 5.41) is 1.21. The zero-order valence-electron chi connectivity index (χ0n) is 13.0. The third-order valence-electron chi connectivity index (χ3n) is 3.75. The van der Waals surface area contributed by atoms with E-state index in [-0.39, 0.29) is 11.8 Å². The number of imide groups is 1. The number of hydrogen-bond donors (Lipinski definition) is 0. The molecular formula is C18H17NO3Si. The van der Waals surface area contributed by atoms with Gasteiger partial charge in [0.25, 0.3) is 20.1 Å². The van der Waals surface area contributed by atoms with Gasteiger partial charge in [-0.2, -0.15) is 0 Å². The molecule has 0 atom stereocenters. The second kappa shape index (κ2) is 5.85. The van der Waals surface area contributed by atoms with Gasteiger partial charge in [-0.3, -0.25) is 9.59 Å². The Bertz CT molecular complexity index is 749. The Kier molecular flexibility index (Phi) is 3.88. The highest BCUT2D eigenvalue weighted by Gasteiger charge is 2.28. The second-order valence-electron chi connectivity index (χ2n) is 5.82. The van der Waals surface area contributed by atoms with Gasteiger partial charge < -0.3 is 4.43 Å². The SMILES string of the molecule is C[Si](C)(Oc1ccc(N2C(=O)C=CC2=O)cc1)c1ccccc1. The molecule has 2 amide bonds. The molecule has 0 aliphatic carbocycles. The van der Waals surface area contributed by atoms with Crippen molar-refractivity contribution in [3.8, 4) is 5.75 Å². The fourth-order valence-electron chi connectivity index (χ4n) is 2.51. The Hall–Kier alpha value is -2.66. The zero-order valence-corrected chi connectivity index (χ0v) is 14.0. The van der Waals surface area contributed by atoms with Crippen molar-refractivity contribution in [1.82, 2.24) is 0 Å². The first-order valence-electron chi connectivity index (χ1n) is 7.38. The van der Waals surface area contributed by atoms with Crippen molar-refractivity contribution in [2.24, 2.45) is 0 Å². The van der Waals surface area contributed by atoms with Crippen molar-refractivity contribution >= 4 is 31.0 Å². The van der Waals surface area contributed by atoms with Crippen LogP contribution in [0.1, 0.15) is 0 Å². The van der Waals surface area contributed by atoms with E-state index in [0.717, 1.165) is 10.6 Å². The molecule has 0 spiro atoms. The van der Waals surface area contributed by atoms with E-state index in [4.69, 9.17) is 4.43 Å². The van der Waals surface area contributed by atoms with Crippen LogP contribution in [0.15, 0.2) is 66.7 Å². The highest BCUT2D eigenvalue weighted by Crippen LogP contribution is 2.24. The maximum absolute atomic E-state index is 11.7. The first-order chi connectivity index (χ1) is 11.0. The van der Waals surface area contributed by atoms with Crippen LogP contribution < -0.4 is 14.5 Å². The molecule has 0 radical (unpaired) electrons. The highest BCUT2D eigenvalue weighted by atomic mass is 28.4. The van der Waals surface area contributed by atoms with E-state index in [1.165, 1.54) is 17.3 Å². The van der Waals surface area contributed by atoms with Crippen LogP contribution in [0.4, 0.5) is 5.69 Å². The predicted molar refractivity (Wildman–Crippen MR) is 92.3 cm³/mol. The average molecular weight is 323 g/mol. The van der Waals surface area contributed by atoms with Crippen LogP contribution in [-0.4, -0.2) is 20.1 Å². The Balaban J connectivity index is 1.78. The largest absolute Gasteiger partial charge is 0.540 e. The third kappa shape index (κ3) is 3.09. The van der Waals surface area contributed by atoms with Gasteiger partial charge in [-0.05, 0) is 42.5 Å². The summed E-state index contributed by atoms with van der Waals surface area (Å²) < 4.78 is 6.19. The van der Waals surface area contributed by atoms with E-state index in [1.54, 1.807) is 24.3 Å². The standard InChI is InChI=1S/C18H17NO3Si/c1-23(2,16-6-4-3-5-7-16)22-15-10-8-14(9-11-15)19-17(20)12-13-18(19)21/h3-13H,1-2H3. The molecule has 116 valence electrons. The van der Waals surface area contributed by atoms with Crippen LogP contribution in [-0.2, 0) is 9.59 Å². The molecule has 23 heavy (non-hydrogen) atoms. The van der Waals surface area contributed by atoms with Crippen molar-refractivity contribution in [1.29, 1.82) is 0 Å². The Labute approximate surface area is 136 Å². The van der Waals surface area contributed by atoms with Crippen molar-refractivity contribution in [2.75, 3.05) is 4.90 Å². The number of anilines is 1. The normalized spacial score (nSPS) is 14.4. The molecule has 0 bridgehead atoms. The summed E-state index contributed by atoms with van der Waals surface area (Å²) in [7, 11) is -2.06. The van der Waals surface area contributed by atoms with Gasteiger partial charge in [0, 0.05) is 12.2 Å². The molecule has 0 saturated heterocycles. The maximum atomic E-state index is 11.7. The number of carbonyl (C=O) groups is 2. The van der Waals surface area contributed by atoms with Crippen molar-refractivity contribution < 1.29 is 14.0 Å². The predicted octanol–water partition coefficient (Wildman–Crippen LogP) is 2.61. The number of carbonyl (C=O) groups excluding carboxylic acids is 2. The van der Waals surface area contributed by atoms with Gasteiger partial charge in [0.2, 0.25) is 0 Å². The van der Waals surface area contributed by atoms with Gasteiger partial charge >= 0.3 is 0 Å². The molecule has 2 aromatic rings. The number of benzene rings is 2.